The third-order valence-corrected chi connectivity index (χ3v) is 2.56. The van der Waals surface area contributed by atoms with Gasteiger partial charge in [0.2, 0.25) is 6.41 Å². The highest BCUT2D eigenvalue weighted by molar-refractivity contribution is 5.77. The van der Waals surface area contributed by atoms with Crippen LogP contribution in [0.1, 0.15) is 31.5 Å². The van der Waals surface area contributed by atoms with Crippen molar-refractivity contribution in [1.29, 1.82) is 0 Å². The van der Waals surface area contributed by atoms with E-state index in [-0.39, 0.29) is 12.3 Å². The van der Waals surface area contributed by atoms with E-state index in [1.165, 1.54) is 15.8 Å². The Bertz CT molecular complexity index is 421. The SMILES string of the molecule is CCCN(C=O)C(C(=O)O)c1cn(CCCO)nn1. The first-order valence-corrected chi connectivity index (χ1v) is 6.08. The number of carboxylic acids is 1. The monoisotopic (exact) mass is 270 g/mol. The molecule has 0 saturated carbocycles. The number of carbonyl (C=O) groups is 2. The van der Waals surface area contributed by atoms with E-state index < -0.39 is 12.0 Å². The molecule has 8 nitrogen and oxygen atoms in total. The summed E-state index contributed by atoms with van der Waals surface area (Å²) in [5.41, 5.74) is 0.214. The molecule has 0 aliphatic carbocycles. The number of hydrogen-bond donors (Lipinski definition) is 2. The topological polar surface area (TPSA) is 109 Å². The fourth-order valence-electron chi connectivity index (χ4n) is 1.72. The van der Waals surface area contributed by atoms with Crippen molar-refractivity contribution in [3.05, 3.63) is 11.9 Å². The van der Waals surface area contributed by atoms with E-state index in [1.807, 2.05) is 6.92 Å². The van der Waals surface area contributed by atoms with Crippen molar-refractivity contribution in [2.24, 2.45) is 0 Å². The van der Waals surface area contributed by atoms with Gasteiger partial charge in [-0.2, -0.15) is 0 Å². The Kier molecular flexibility index (Phi) is 5.94. The number of nitrogens with zero attached hydrogens (tertiary/aromatic N) is 4. The molecule has 1 heterocycles. The maximum atomic E-state index is 11.3. The van der Waals surface area contributed by atoms with E-state index in [0.717, 1.165) is 0 Å². The minimum Gasteiger partial charge on any atom is -0.479 e. The third kappa shape index (κ3) is 4.02. The van der Waals surface area contributed by atoms with Crippen LogP contribution in [-0.4, -0.2) is 55.6 Å². The van der Waals surface area contributed by atoms with Gasteiger partial charge in [-0.15, -0.1) is 5.10 Å². The van der Waals surface area contributed by atoms with Gasteiger partial charge in [-0.05, 0) is 12.8 Å². The number of aliphatic hydroxyl groups is 1. The zero-order valence-corrected chi connectivity index (χ0v) is 10.8. The van der Waals surface area contributed by atoms with E-state index in [9.17, 15) is 14.7 Å². The summed E-state index contributed by atoms with van der Waals surface area (Å²) in [5.74, 6) is -1.14. The van der Waals surface area contributed by atoms with Gasteiger partial charge in [0.1, 0.15) is 5.69 Å². The molecule has 0 saturated heterocycles. The predicted molar refractivity (Wildman–Crippen MR) is 65.2 cm³/mol. The van der Waals surface area contributed by atoms with Crippen molar-refractivity contribution in [2.45, 2.75) is 32.4 Å². The van der Waals surface area contributed by atoms with Crippen molar-refractivity contribution < 1.29 is 19.8 Å². The van der Waals surface area contributed by atoms with Gasteiger partial charge in [-0.1, -0.05) is 12.1 Å². The van der Waals surface area contributed by atoms with Gasteiger partial charge < -0.3 is 15.1 Å². The molecule has 8 heteroatoms. The molecular weight excluding hydrogens is 252 g/mol. The average molecular weight is 270 g/mol. The average Bonchev–Trinajstić information content (AvgIpc) is 2.83. The van der Waals surface area contributed by atoms with Crippen LogP contribution in [0.4, 0.5) is 0 Å². The highest BCUT2D eigenvalue weighted by Crippen LogP contribution is 2.17. The normalized spacial score (nSPS) is 12.1. The van der Waals surface area contributed by atoms with Crippen LogP contribution in [0.2, 0.25) is 0 Å². The number of carboxylic acid groups (broad SMARTS) is 1. The van der Waals surface area contributed by atoms with Gasteiger partial charge in [0.05, 0.1) is 6.20 Å². The summed E-state index contributed by atoms with van der Waals surface area (Å²) in [5, 5.41) is 25.5. The summed E-state index contributed by atoms with van der Waals surface area (Å²) >= 11 is 0. The molecule has 0 bridgehead atoms. The number of carbonyl (C=O) groups excluding carboxylic acids is 1. The Labute approximate surface area is 110 Å². The lowest BCUT2D eigenvalue weighted by atomic mass is 10.2. The van der Waals surface area contributed by atoms with Crippen LogP contribution >= 0.6 is 0 Å². The van der Waals surface area contributed by atoms with E-state index in [2.05, 4.69) is 10.3 Å². The molecular formula is C11H18N4O4. The zero-order valence-electron chi connectivity index (χ0n) is 10.8. The Hall–Kier alpha value is -1.96. The van der Waals surface area contributed by atoms with E-state index in [0.29, 0.717) is 32.3 Å². The number of rotatable bonds is 9. The standard InChI is InChI=1S/C11H18N4O4/c1-2-4-14(8-17)10(11(18)19)9-7-15(13-12-9)5-3-6-16/h7-8,10,16H,2-6H2,1H3,(H,18,19). The molecule has 1 rings (SSSR count). The smallest absolute Gasteiger partial charge is 0.332 e. The van der Waals surface area contributed by atoms with E-state index >= 15 is 0 Å². The highest BCUT2D eigenvalue weighted by atomic mass is 16.4. The third-order valence-electron chi connectivity index (χ3n) is 2.56. The molecule has 1 atom stereocenters. The fourth-order valence-corrected chi connectivity index (χ4v) is 1.72. The van der Waals surface area contributed by atoms with Gasteiger partial charge in [-0.3, -0.25) is 9.48 Å². The molecule has 1 aromatic rings. The molecule has 0 radical (unpaired) electrons. The second kappa shape index (κ2) is 7.47. The Morgan fingerprint density at radius 1 is 1.63 bits per heavy atom. The minimum absolute atomic E-state index is 0.0217. The lowest BCUT2D eigenvalue weighted by Gasteiger charge is -2.22. The number of aromatic nitrogens is 3. The molecule has 0 aliphatic rings. The molecule has 1 amide bonds. The van der Waals surface area contributed by atoms with Crippen molar-refractivity contribution in [1.82, 2.24) is 19.9 Å². The van der Waals surface area contributed by atoms with Crippen LogP contribution in [0.5, 0.6) is 0 Å². The molecule has 1 unspecified atom stereocenters. The second-order valence-corrected chi connectivity index (χ2v) is 4.07. The van der Waals surface area contributed by atoms with Gasteiger partial charge in [0, 0.05) is 19.7 Å². The number of aryl methyl sites for hydroxylation is 1. The van der Waals surface area contributed by atoms with Gasteiger partial charge in [-0.25, -0.2) is 4.79 Å². The summed E-state index contributed by atoms with van der Waals surface area (Å²) in [6.45, 7) is 2.66. The molecule has 0 aliphatic heterocycles. The summed E-state index contributed by atoms with van der Waals surface area (Å²) < 4.78 is 1.45. The van der Waals surface area contributed by atoms with Crippen molar-refractivity contribution in [2.75, 3.05) is 13.2 Å². The Morgan fingerprint density at radius 2 is 2.37 bits per heavy atom. The molecule has 1 aromatic heterocycles. The van der Waals surface area contributed by atoms with Crippen LogP contribution in [0.15, 0.2) is 6.20 Å². The van der Waals surface area contributed by atoms with Crippen LogP contribution in [0, 0.1) is 0 Å². The van der Waals surface area contributed by atoms with E-state index in [4.69, 9.17) is 5.11 Å². The first-order valence-electron chi connectivity index (χ1n) is 6.08. The largest absolute Gasteiger partial charge is 0.479 e. The molecule has 0 spiro atoms. The van der Waals surface area contributed by atoms with Crippen molar-refractivity contribution >= 4 is 12.4 Å². The molecule has 0 aromatic carbocycles. The Morgan fingerprint density at radius 3 is 2.89 bits per heavy atom. The first-order chi connectivity index (χ1) is 9.13. The summed E-state index contributed by atoms with van der Waals surface area (Å²) in [6, 6.07) is -1.12. The quantitative estimate of drug-likeness (QED) is 0.594. The molecule has 2 N–H and O–H groups in total. The number of aliphatic carboxylic acids is 1. The maximum Gasteiger partial charge on any atom is 0.332 e. The minimum atomic E-state index is -1.14. The number of amides is 1. The first kappa shape index (κ1) is 15.1. The van der Waals surface area contributed by atoms with Gasteiger partial charge in [0.25, 0.3) is 0 Å². The van der Waals surface area contributed by atoms with Crippen molar-refractivity contribution in [3.63, 3.8) is 0 Å². The van der Waals surface area contributed by atoms with Crippen LogP contribution in [0.25, 0.3) is 0 Å². The highest BCUT2D eigenvalue weighted by Gasteiger charge is 2.28. The van der Waals surface area contributed by atoms with Gasteiger partial charge in [0.15, 0.2) is 6.04 Å². The fraction of sp³-hybridized carbons (Fsp3) is 0.636. The molecule has 19 heavy (non-hydrogen) atoms. The maximum absolute atomic E-state index is 11.3. The number of hydrogen-bond acceptors (Lipinski definition) is 5. The second-order valence-electron chi connectivity index (χ2n) is 4.07. The molecule has 0 fully saturated rings. The zero-order chi connectivity index (χ0) is 14.3. The van der Waals surface area contributed by atoms with Crippen molar-refractivity contribution in [3.8, 4) is 0 Å². The lowest BCUT2D eigenvalue weighted by molar-refractivity contribution is -0.146. The number of aliphatic hydroxyl groups excluding tert-OH is 1. The van der Waals surface area contributed by atoms with Crippen LogP contribution in [0.3, 0.4) is 0 Å². The lowest BCUT2D eigenvalue weighted by Crippen LogP contribution is -2.34. The molecule has 106 valence electrons. The summed E-state index contributed by atoms with van der Waals surface area (Å²) in [6.07, 6.45) is 3.16. The van der Waals surface area contributed by atoms with Crippen LogP contribution < -0.4 is 0 Å². The van der Waals surface area contributed by atoms with Gasteiger partial charge >= 0.3 is 5.97 Å². The predicted octanol–water partition coefficient (Wildman–Crippen LogP) is -0.345. The summed E-state index contributed by atoms with van der Waals surface area (Å²) in [4.78, 5) is 23.4. The van der Waals surface area contributed by atoms with Crippen LogP contribution in [-0.2, 0) is 16.1 Å². The Balaban J connectivity index is 2.89. The van der Waals surface area contributed by atoms with E-state index in [1.54, 1.807) is 0 Å². The summed E-state index contributed by atoms with van der Waals surface area (Å²) in [7, 11) is 0.